The van der Waals surface area contributed by atoms with Crippen LogP contribution in [0, 0.1) is 13.8 Å². The first kappa shape index (κ1) is 24.3. The lowest BCUT2D eigenvalue weighted by Gasteiger charge is -2.34. The summed E-state index contributed by atoms with van der Waals surface area (Å²) < 4.78 is 5.03. The van der Waals surface area contributed by atoms with Gasteiger partial charge in [-0.1, -0.05) is 115 Å². The minimum Gasteiger partial charge on any atom is -0.194 e. The molecular weight excluding hydrogens is 539 g/mol. The first-order chi connectivity index (χ1) is 20.6. The minimum atomic E-state index is -2.70. The van der Waals surface area contributed by atoms with E-state index in [1.54, 1.807) is 13.5 Å². The number of hydrogen-bond acceptors (Lipinski definition) is 6. The summed E-state index contributed by atoms with van der Waals surface area (Å²) in [6.07, 6.45) is 0. The summed E-state index contributed by atoms with van der Waals surface area (Å²) in [7, 11) is -2.70. The first-order valence-corrected chi connectivity index (χ1v) is 15.8. The zero-order chi connectivity index (χ0) is 28.3. The van der Waals surface area contributed by atoms with Crippen LogP contribution in [0.1, 0.15) is 11.6 Å². The highest BCUT2D eigenvalue weighted by atomic mass is 28.3. The van der Waals surface area contributed by atoms with E-state index < -0.39 is 8.07 Å². The molecular formula is C32H25N9Si. The summed E-state index contributed by atoms with van der Waals surface area (Å²) >= 11 is 0. The molecule has 0 unspecified atom stereocenters. The van der Waals surface area contributed by atoms with Gasteiger partial charge in [0.2, 0.25) is 0 Å². The summed E-state index contributed by atoms with van der Waals surface area (Å²) in [5.41, 5.74) is 0.912. The van der Waals surface area contributed by atoms with Crippen LogP contribution < -0.4 is 20.7 Å². The monoisotopic (exact) mass is 563 g/mol. The summed E-state index contributed by atoms with van der Waals surface area (Å²) in [4.78, 5) is 14.2. The maximum absolute atomic E-state index is 4.97. The van der Waals surface area contributed by atoms with E-state index >= 15 is 0 Å². The molecule has 4 heterocycles. The number of hydrogen-bond donors (Lipinski definition) is 0. The zero-order valence-corrected chi connectivity index (χ0v) is 24.0. The maximum Gasteiger partial charge on any atom is 0.260 e. The summed E-state index contributed by atoms with van der Waals surface area (Å²) in [5, 5.41) is 19.2. The lowest BCUT2D eigenvalue weighted by Crippen LogP contribution is -2.74. The van der Waals surface area contributed by atoms with Crippen molar-refractivity contribution in [2.45, 2.75) is 13.8 Å². The predicted molar refractivity (Wildman–Crippen MR) is 165 cm³/mol. The maximum atomic E-state index is 4.97. The number of aryl methyl sites for hydroxylation is 2. The second-order valence-corrected chi connectivity index (χ2v) is 14.1. The average Bonchev–Trinajstić information content (AvgIpc) is 3.76. The second-order valence-electron chi connectivity index (χ2n) is 10.3. The summed E-state index contributed by atoms with van der Waals surface area (Å²) in [6, 6.07) is 41.3. The Morgan fingerprint density at radius 1 is 0.452 bits per heavy atom. The van der Waals surface area contributed by atoms with E-state index in [9.17, 15) is 0 Å². The van der Waals surface area contributed by atoms with E-state index in [1.165, 1.54) is 20.7 Å². The van der Waals surface area contributed by atoms with Crippen molar-refractivity contribution in [1.82, 2.24) is 43.8 Å². The van der Waals surface area contributed by atoms with E-state index in [4.69, 9.17) is 10.1 Å². The Balaban J connectivity index is 1.41. The van der Waals surface area contributed by atoms with Gasteiger partial charge in [0, 0.05) is 5.56 Å². The molecule has 0 atom stereocenters. The number of fused-ring (bicyclic) bond motifs is 6. The fraction of sp³-hybridized carbons (Fsp3) is 0.0625. The molecule has 9 nitrogen and oxygen atoms in total. The molecule has 0 fully saturated rings. The van der Waals surface area contributed by atoms with E-state index in [0.717, 1.165) is 5.56 Å². The fourth-order valence-electron chi connectivity index (χ4n) is 6.00. The number of nitrogens with zero attached hydrogens (tertiary/aromatic N) is 9. The fourth-order valence-corrected chi connectivity index (χ4v) is 10.8. The topological polar surface area (TPSA) is 90.6 Å². The molecule has 0 aliphatic rings. The third kappa shape index (κ3) is 3.55. The minimum absolute atomic E-state index is 0.531. The van der Waals surface area contributed by atoms with Crippen molar-refractivity contribution in [2.24, 2.45) is 0 Å². The Morgan fingerprint density at radius 2 is 0.881 bits per heavy atom. The molecule has 10 heteroatoms. The highest BCUT2D eigenvalue weighted by Gasteiger charge is 2.41. The Bertz CT molecular complexity index is 2050. The van der Waals surface area contributed by atoms with Crippen LogP contribution in [0.15, 0.2) is 115 Å². The first-order valence-electron chi connectivity index (χ1n) is 13.8. The van der Waals surface area contributed by atoms with E-state index in [1.807, 2.05) is 13.8 Å². The van der Waals surface area contributed by atoms with Crippen LogP contribution in [-0.4, -0.2) is 51.9 Å². The number of benzene rings is 4. The standard InChI is InChI=1S/C32H25N9Si/c1-22-33-30-39-31(34-23(2)36-39)41-32(40(30)37-22)35-29(38-41)24-13-12-20-28(21-24)42(25-14-6-3-7-15-25,26-16-8-4-9-17-26)27-18-10-5-11-19-27/h3-21H,1-2H3. The van der Waals surface area contributed by atoms with Crippen LogP contribution >= 0.6 is 0 Å². The van der Waals surface area contributed by atoms with Gasteiger partial charge in [-0.3, -0.25) is 0 Å². The Hall–Kier alpha value is -5.48. The Labute approximate surface area is 241 Å². The third-order valence-electron chi connectivity index (χ3n) is 7.72. The smallest absolute Gasteiger partial charge is 0.194 e. The molecule has 0 spiro atoms. The molecule has 202 valence electrons. The van der Waals surface area contributed by atoms with Crippen molar-refractivity contribution >= 4 is 46.2 Å². The molecule has 0 radical (unpaired) electrons. The molecule has 0 aliphatic heterocycles. The van der Waals surface area contributed by atoms with Gasteiger partial charge in [-0.15, -0.1) is 15.3 Å². The lowest BCUT2D eigenvalue weighted by molar-refractivity contribution is 0.811. The van der Waals surface area contributed by atoms with Crippen LogP contribution in [0.4, 0.5) is 0 Å². The van der Waals surface area contributed by atoms with Crippen molar-refractivity contribution in [1.29, 1.82) is 0 Å². The quantitative estimate of drug-likeness (QED) is 0.236. The van der Waals surface area contributed by atoms with Gasteiger partial charge in [0.05, 0.1) is 0 Å². The van der Waals surface area contributed by atoms with Crippen molar-refractivity contribution in [3.8, 4) is 11.4 Å². The molecule has 4 aromatic carbocycles. The number of aromatic nitrogens is 9. The van der Waals surface area contributed by atoms with E-state index in [2.05, 4.69) is 135 Å². The third-order valence-corrected chi connectivity index (χ3v) is 12.5. The van der Waals surface area contributed by atoms with Crippen molar-refractivity contribution in [3.05, 3.63) is 127 Å². The largest absolute Gasteiger partial charge is 0.260 e. The van der Waals surface area contributed by atoms with Crippen LogP contribution in [-0.2, 0) is 0 Å². The molecule has 0 bridgehead atoms. The molecule has 0 saturated carbocycles. The van der Waals surface area contributed by atoms with Gasteiger partial charge < -0.3 is 0 Å². The highest BCUT2D eigenvalue weighted by molar-refractivity contribution is 7.19. The van der Waals surface area contributed by atoms with Gasteiger partial charge in [0.1, 0.15) is 11.6 Å². The molecule has 0 amide bonds. The van der Waals surface area contributed by atoms with Crippen LogP contribution in [0.5, 0.6) is 0 Å². The number of rotatable bonds is 5. The van der Waals surface area contributed by atoms with Gasteiger partial charge in [-0.05, 0) is 34.6 Å². The molecule has 0 N–H and O–H groups in total. The van der Waals surface area contributed by atoms with Crippen LogP contribution in [0.2, 0.25) is 0 Å². The molecule has 8 rings (SSSR count). The van der Waals surface area contributed by atoms with Gasteiger partial charge >= 0.3 is 0 Å². The van der Waals surface area contributed by atoms with Crippen molar-refractivity contribution < 1.29 is 0 Å². The van der Waals surface area contributed by atoms with E-state index in [-0.39, 0.29) is 0 Å². The van der Waals surface area contributed by atoms with E-state index in [0.29, 0.717) is 34.8 Å². The van der Waals surface area contributed by atoms with Gasteiger partial charge in [-0.25, -0.2) is 0 Å². The Kier molecular flexibility index (Phi) is 5.38. The van der Waals surface area contributed by atoms with Gasteiger partial charge in [0.25, 0.3) is 17.3 Å². The van der Waals surface area contributed by atoms with Crippen molar-refractivity contribution in [3.63, 3.8) is 0 Å². The van der Waals surface area contributed by atoms with Gasteiger partial charge in [-0.2, -0.15) is 28.5 Å². The SMILES string of the molecule is Cc1nc2n(n1)c1nc(C)nn1c1nc(-c3cccc([Si](c4ccccc4)(c4ccccc4)c4ccccc4)c3)nn21. The zero-order valence-electron chi connectivity index (χ0n) is 23.0. The predicted octanol–water partition coefficient (Wildman–Crippen LogP) is 2.48. The van der Waals surface area contributed by atoms with Crippen LogP contribution in [0.25, 0.3) is 28.7 Å². The molecule has 0 saturated heterocycles. The normalized spacial score (nSPS) is 12.0. The summed E-state index contributed by atoms with van der Waals surface area (Å²) in [6.45, 7) is 3.70. The molecule has 8 aromatic rings. The van der Waals surface area contributed by atoms with Gasteiger partial charge in [0.15, 0.2) is 13.9 Å². The molecule has 0 aliphatic carbocycles. The molecule has 4 aromatic heterocycles. The highest BCUT2D eigenvalue weighted by Crippen LogP contribution is 2.20. The lowest BCUT2D eigenvalue weighted by atomic mass is 10.2. The summed E-state index contributed by atoms with van der Waals surface area (Å²) in [5.74, 6) is 3.44. The van der Waals surface area contributed by atoms with Crippen molar-refractivity contribution in [2.75, 3.05) is 0 Å². The molecule has 42 heavy (non-hydrogen) atoms. The Morgan fingerprint density at radius 3 is 1.38 bits per heavy atom. The second kappa shape index (κ2) is 9.28. The average molecular weight is 564 g/mol. The van der Waals surface area contributed by atoms with Crippen LogP contribution in [0.3, 0.4) is 0 Å².